The molecule has 3 aromatic rings. The highest BCUT2D eigenvalue weighted by Crippen LogP contribution is 2.16. The first-order valence-corrected chi connectivity index (χ1v) is 8.28. The highest BCUT2D eigenvalue weighted by atomic mass is 16.2. The fourth-order valence-electron chi connectivity index (χ4n) is 2.63. The smallest absolute Gasteiger partial charge is 0.259 e. The highest BCUT2D eigenvalue weighted by molar-refractivity contribution is 6.00. The second kappa shape index (κ2) is 8.07. The van der Waals surface area contributed by atoms with Crippen molar-refractivity contribution in [1.29, 1.82) is 0 Å². The van der Waals surface area contributed by atoms with Gasteiger partial charge in [-0.1, -0.05) is 60.2 Å². The van der Waals surface area contributed by atoms with Gasteiger partial charge in [0.25, 0.3) is 11.8 Å². The molecule has 130 valence electrons. The maximum atomic E-state index is 12.0. The van der Waals surface area contributed by atoms with Gasteiger partial charge in [-0.2, -0.15) is 5.10 Å². The predicted molar refractivity (Wildman–Crippen MR) is 103 cm³/mol. The van der Waals surface area contributed by atoms with Crippen LogP contribution in [0.1, 0.15) is 21.5 Å². The molecule has 0 aliphatic carbocycles. The summed E-state index contributed by atoms with van der Waals surface area (Å²) in [6.07, 6.45) is 1.60. The van der Waals surface area contributed by atoms with Crippen molar-refractivity contribution < 1.29 is 9.59 Å². The molecule has 0 aliphatic heterocycles. The molecule has 0 saturated heterocycles. The van der Waals surface area contributed by atoms with Crippen molar-refractivity contribution in [2.75, 3.05) is 6.54 Å². The van der Waals surface area contributed by atoms with Crippen LogP contribution >= 0.6 is 0 Å². The van der Waals surface area contributed by atoms with Crippen molar-refractivity contribution >= 4 is 28.8 Å². The maximum absolute atomic E-state index is 12.0. The van der Waals surface area contributed by atoms with Gasteiger partial charge in [0.2, 0.25) is 0 Å². The van der Waals surface area contributed by atoms with Crippen LogP contribution in [0.15, 0.2) is 71.8 Å². The molecule has 0 aromatic heterocycles. The van der Waals surface area contributed by atoms with Crippen molar-refractivity contribution in [2.45, 2.75) is 6.92 Å². The molecular formula is C21H19N3O2. The fourth-order valence-corrected chi connectivity index (χ4v) is 2.63. The lowest BCUT2D eigenvalue weighted by Gasteiger charge is -2.05. The van der Waals surface area contributed by atoms with E-state index >= 15 is 0 Å². The minimum absolute atomic E-state index is 0.139. The van der Waals surface area contributed by atoms with Gasteiger partial charge in [-0.05, 0) is 29.8 Å². The van der Waals surface area contributed by atoms with Crippen molar-refractivity contribution in [3.8, 4) is 0 Å². The summed E-state index contributed by atoms with van der Waals surface area (Å²) in [5.74, 6) is -0.677. The van der Waals surface area contributed by atoms with E-state index in [2.05, 4.69) is 15.8 Å². The topological polar surface area (TPSA) is 70.6 Å². The SMILES string of the molecule is Cc1cccc(C(=O)NCC(=O)N/N=C/c2cccc3ccccc23)c1. The number of hydrogen-bond acceptors (Lipinski definition) is 3. The van der Waals surface area contributed by atoms with Gasteiger partial charge in [0.1, 0.15) is 0 Å². The van der Waals surface area contributed by atoms with Crippen molar-refractivity contribution in [3.05, 3.63) is 83.4 Å². The minimum Gasteiger partial charge on any atom is -0.343 e. The molecule has 0 aliphatic rings. The molecule has 0 spiro atoms. The molecule has 2 N–H and O–H groups in total. The standard InChI is InChI=1S/C21H19N3O2/c1-15-6-4-9-17(12-15)21(26)22-14-20(25)24-23-13-18-10-5-8-16-7-2-3-11-19(16)18/h2-13H,14H2,1H3,(H,22,26)(H,24,25)/b23-13+. The van der Waals surface area contributed by atoms with Crippen LogP contribution in [0, 0.1) is 6.92 Å². The van der Waals surface area contributed by atoms with Gasteiger partial charge in [-0.3, -0.25) is 9.59 Å². The Kier molecular flexibility index (Phi) is 5.39. The number of hydrazone groups is 1. The van der Waals surface area contributed by atoms with Gasteiger partial charge in [-0.15, -0.1) is 0 Å². The van der Waals surface area contributed by atoms with E-state index in [9.17, 15) is 9.59 Å². The molecule has 2 amide bonds. The van der Waals surface area contributed by atoms with E-state index < -0.39 is 0 Å². The number of aryl methyl sites for hydroxylation is 1. The van der Waals surface area contributed by atoms with E-state index in [0.717, 1.165) is 21.9 Å². The van der Waals surface area contributed by atoms with E-state index in [0.29, 0.717) is 5.56 Å². The molecule has 0 fully saturated rings. The second-order valence-electron chi connectivity index (χ2n) is 5.91. The fraction of sp³-hybridized carbons (Fsp3) is 0.0952. The number of nitrogens with zero attached hydrogens (tertiary/aromatic N) is 1. The van der Waals surface area contributed by atoms with Gasteiger partial charge >= 0.3 is 0 Å². The first kappa shape index (κ1) is 17.4. The van der Waals surface area contributed by atoms with Crippen LogP contribution in [0.4, 0.5) is 0 Å². The number of carbonyl (C=O) groups is 2. The molecule has 5 heteroatoms. The second-order valence-corrected chi connectivity index (χ2v) is 5.91. The zero-order chi connectivity index (χ0) is 18.4. The molecule has 0 radical (unpaired) electrons. The summed E-state index contributed by atoms with van der Waals surface area (Å²) in [5.41, 5.74) is 4.85. The predicted octanol–water partition coefficient (Wildman–Crippen LogP) is 3.03. The van der Waals surface area contributed by atoms with Crippen LogP contribution in [-0.2, 0) is 4.79 Å². The molecule has 5 nitrogen and oxygen atoms in total. The van der Waals surface area contributed by atoms with Crippen LogP contribution in [-0.4, -0.2) is 24.6 Å². The number of amides is 2. The third-order valence-corrected chi connectivity index (χ3v) is 3.91. The zero-order valence-corrected chi connectivity index (χ0v) is 14.4. The Morgan fingerprint density at radius 3 is 2.62 bits per heavy atom. The van der Waals surface area contributed by atoms with Gasteiger partial charge in [-0.25, -0.2) is 5.43 Å². The third kappa shape index (κ3) is 4.33. The number of carbonyl (C=O) groups excluding carboxylic acids is 2. The lowest BCUT2D eigenvalue weighted by molar-refractivity contribution is -0.120. The Balaban J connectivity index is 1.55. The Morgan fingerprint density at radius 1 is 1.00 bits per heavy atom. The Labute approximate surface area is 151 Å². The van der Waals surface area contributed by atoms with Crippen molar-refractivity contribution in [1.82, 2.24) is 10.7 Å². The van der Waals surface area contributed by atoms with Crippen LogP contribution < -0.4 is 10.7 Å². The molecule has 3 aromatic carbocycles. The monoisotopic (exact) mass is 345 g/mol. The summed E-state index contributed by atoms with van der Waals surface area (Å²) >= 11 is 0. The average molecular weight is 345 g/mol. The maximum Gasteiger partial charge on any atom is 0.259 e. The highest BCUT2D eigenvalue weighted by Gasteiger charge is 2.07. The third-order valence-electron chi connectivity index (χ3n) is 3.91. The van der Waals surface area contributed by atoms with Crippen molar-refractivity contribution in [2.24, 2.45) is 5.10 Å². The van der Waals surface area contributed by atoms with Gasteiger partial charge < -0.3 is 5.32 Å². The number of rotatable bonds is 5. The Morgan fingerprint density at radius 2 is 1.77 bits per heavy atom. The van der Waals surface area contributed by atoms with Gasteiger partial charge in [0.05, 0.1) is 12.8 Å². The van der Waals surface area contributed by atoms with E-state index in [4.69, 9.17) is 0 Å². The summed E-state index contributed by atoms with van der Waals surface area (Å²) in [4.78, 5) is 23.9. The Hall–Kier alpha value is -3.47. The Bertz CT molecular complexity index is 974. The van der Waals surface area contributed by atoms with Gasteiger partial charge in [0, 0.05) is 11.1 Å². The molecule has 0 unspecified atom stereocenters. The lowest BCUT2D eigenvalue weighted by Crippen LogP contribution is -2.34. The molecule has 0 heterocycles. The number of benzene rings is 3. The first-order chi connectivity index (χ1) is 12.6. The molecule has 3 rings (SSSR count). The average Bonchev–Trinajstić information content (AvgIpc) is 2.66. The van der Waals surface area contributed by atoms with Crippen LogP contribution in [0.5, 0.6) is 0 Å². The summed E-state index contributed by atoms with van der Waals surface area (Å²) in [6, 6.07) is 21.0. The summed E-state index contributed by atoms with van der Waals surface area (Å²) in [5, 5.41) is 8.72. The molecular weight excluding hydrogens is 326 g/mol. The first-order valence-electron chi connectivity index (χ1n) is 8.28. The zero-order valence-electron chi connectivity index (χ0n) is 14.4. The molecule has 0 atom stereocenters. The van der Waals surface area contributed by atoms with Crippen LogP contribution in [0.25, 0.3) is 10.8 Å². The van der Waals surface area contributed by atoms with Gasteiger partial charge in [0.15, 0.2) is 0 Å². The lowest BCUT2D eigenvalue weighted by atomic mass is 10.1. The molecule has 0 saturated carbocycles. The quantitative estimate of drug-likeness (QED) is 0.551. The molecule has 26 heavy (non-hydrogen) atoms. The number of hydrogen-bond donors (Lipinski definition) is 2. The summed E-state index contributed by atoms with van der Waals surface area (Å²) in [7, 11) is 0. The number of nitrogens with one attached hydrogen (secondary N) is 2. The van der Waals surface area contributed by atoms with E-state index in [1.807, 2.05) is 55.5 Å². The molecule has 0 bridgehead atoms. The van der Waals surface area contributed by atoms with Crippen LogP contribution in [0.2, 0.25) is 0 Å². The van der Waals surface area contributed by atoms with Crippen LogP contribution in [0.3, 0.4) is 0 Å². The summed E-state index contributed by atoms with van der Waals surface area (Å²) in [6.45, 7) is 1.77. The van der Waals surface area contributed by atoms with E-state index in [1.54, 1.807) is 24.4 Å². The number of fused-ring (bicyclic) bond motifs is 1. The van der Waals surface area contributed by atoms with E-state index in [-0.39, 0.29) is 18.4 Å². The normalized spacial score (nSPS) is 10.8. The minimum atomic E-state index is -0.387. The van der Waals surface area contributed by atoms with E-state index in [1.165, 1.54) is 0 Å². The van der Waals surface area contributed by atoms with Crippen molar-refractivity contribution in [3.63, 3.8) is 0 Å². The largest absolute Gasteiger partial charge is 0.343 e. The summed E-state index contributed by atoms with van der Waals surface area (Å²) < 4.78 is 0.